The second kappa shape index (κ2) is 7.90. The number of aromatic carboxylic acids is 1. The molecule has 0 saturated heterocycles. The minimum atomic E-state index is -1.14. The van der Waals surface area contributed by atoms with Crippen molar-refractivity contribution in [3.05, 3.63) is 65.0 Å². The quantitative estimate of drug-likeness (QED) is 0.786. The Morgan fingerprint density at radius 2 is 2.00 bits per heavy atom. The van der Waals surface area contributed by atoms with Crippen LogP contribution in [0.3, 0.4) is 0 Å². The van der Waals surface area contributed by atoms with Crippen molar-refractivity contribution < 1.29 is 14.7 Å². The molecule has 0 atom stereocenters. The van der Waals surface area contributed by atoms with Crippen LogP contribution in [-0.2, 0) is 13.0 Å². The molecule has 0 saturated carbocycles. The summed E-state index contributed by atoms with van der Waals surface area (Å²) in [4.78, 5) is 29.1. The molecular weight excluding hydrogens is 318 g/mol. The number of carbonyl (C=O) groups excluding carboxylic acids is 1. The molecule has 2 heterocycles. The van der Waals surface area contributed by atoms with Gasteiger partial charge in [-0.05, 0) is 36.1 Å². The molecule has 25 heavy (non-hydrogen) atoms. The Morgan fingerprint density at radius 3 is 2.80 bits per heavy atom. The zero-order valence-corrected chi connectivity index (χ0v) is 13.9. The maximum absolute atomic E-state index is 12.1. The number of hydrogen-bond donors (Lipinski definition) is 2. The molecule has 0 bridgehead atoms. The number of amides is 1. The van der Waals surface area contributed by atoms with Gasteiger partial charge in [0.2, 0.25) is 0 Å². The summed E-state index contributed by atoms with van der Waals surface area (Å²) >= 11 is 0. The largest absolute Gasteiger partial charge is 0.477 e. The maximum atomic E-state index is 12.1. The third kappa shape index (κ3) is 4.42. The Morgan fingerprint density at radius 1 is 1.20 bits per heavy atom. The van der Waals surface area contributed by atoms with Gasteiger partial charge in [-0.15, -0.1) is 0 Å². The van der Waals surface area contributed by atoms with Gasteiger partial charge in [-0.2, -0.15) is 0 Å². The predicted molar refractivity (Wildman–Crippen MR) is 93.6 cm³/mol. The van der Waals surface area contributed by atoms with E-state index in [1.165, 1.54) is 29.5 Å². The molecule has 3 rings (SSSR count). The highest BCUT2D eigenvalue weighted by molar-refractivity contribution is 5.96. The smallest absolute Gasteiger partial charge is 0.354 e. The van der Waals surface area contributed by atoms with Crippen LogP contribution < -0.4 is 5.32 Å². The topological polar surface area (TPSA) is 82.5 Å². The van der Waals surface area contributed by atoms with Crippen LogP contribution in [0, 0.1) is 0 Å². The van der Waals surface area contributed by atoms with E-state index in [4.69, 9.17) is 5.11 Å². The first-order valence-electron chi connectivity index (χ1n) is 8.40. The number of rotatable bonds is 6. The molecule has 2 aromatic rings. The van der Waals surface area contributed by atoms with E-state index in [0.29, 0.717) is 12.1 Å². The van der Waals surface area contributed by atoms with Crippen LogP contribution in [0.2, 0.25) is 0 Å². The van der Waals surface area contributed by atoms with Crippen molar-refractivity contribution in [2.45, 2.75) is 19.4 Å². The second-order valence-corrected chi connectivity index (χ2v) is 6.14. The molecule has 6 nitrogen and oxygen atoms in total. The summed E-state index contributed by atoms with van der Waals surface area (Å²) in [6.45, 7) is 3.47. The second-order valence-electron chi connectivity index (χ2n) is 6.14. The van der Waals surface area contributed by atoms with Gasteiger partial charge in [-0.3, -0.25) is 9.69 Å². The average molecular weight is 339 g/mol. The lowest BCUT2D eigenvalue weighted by Gasteiger charge is -2.28. The van der Waals surface area contributed by atoms with Crippen LogP contribution in [0.25, 0.3) is 0 Å². The molecule has 2 N–H and O–H groups in total. The fourth-order valence-electron chi connectivity index (χ4n) is 3.04. The number of fused-ring (bicyclic) bond motifs is 1. The Hall–Kier alpha value is -2.73. The summed E-state index contributed by atoms with van der Waals surface area (Å²) in [5.41, 5.74) is 3.01. The molecule has 0 aliphatic carbocycles. The van der Waals surface area contributed by atoms with E-state index in [1.807, 2.05) is 0 Å². The summed E-state index contributed by atoms with van der Waals surface area (Å²) in [6, 6.07) is 11.3. The van der Waals surface area contributed by atoms with Crippen LogP contribution in [0.1, 0.15) is 38.4 Å². The number of hydrogen-bond acceptors (Lipinski definition) is 4. The third-order valence-electron chi connectivity index (χ3n) is 4.39. The highest BCUT2D eigenvalue weighted by Gasteiger charge is 2.15. The molecule has 0 spiro atoms. The number of benzene rings is 1. The van der Waals surface area contributed by atoms with E-state index in [9.17, 15) is 9.59 Å². The van der Waals surface area contributed by atoms with E-state index in [0.717, 1.165) is 32.5 Å². The van der Waals surface area contributed by atoms with Gasteiger partial charge >= 0.3 is 5.97 Å². The van der Waals surface area contributed by atoms with Crippen LogP contribution >= 0.6 is 0 Å². The summed E-state index contributed by atoms with van der Waals surface area (Å²) in [7, 11) is 0. The van der Waals surface area contributed by atoms with Crippen LogP contribution in [0.5, 0.6) is 0 Å². The first-order chi connectivity index (χ1) is 12.1. The molecule has 130 valence electrons. The fraction of sp³-hybridized carbons (Fsp3) is 0.316. The zero-order chi connectivity index (χ0) is 17.6. The van der Waals surface area contributed by atoms with E-state index in [1.54, 1.807) is 0 Å². The molecule has 1 aliphatic heterocycles. The van der Waals surface area contributed by atoms with Crippen molar-refractivity contribution in [1.29, 1.82) is 0 Å². The number of carbonyl (C=O) groups is 2. The Labute approximate surface area is 146 Å². The van der Waals surface area contributed by atoms with E-state index in [-0.39, 0.29) is 11.6 Å². The van der Waals surface area contributed by atoms with Gasteiger partial charge in [-0.1, -0.05) is 24.3 Å². The molecule has 1 aromatic carbocycles. The minimum absolute atomic E-state index is 0.125. The minimum Gasteiger partial charge on any atom is -0.477 e. The average Bonchev–Trinajstić information content (AvgIpc) is 2.65. The van der Waals surface area contributed by atoms with Crippen molar-refractivity contribution in [3.8, 4) is 0 Å². The molecule has 0 radical (unpaired) electrons. The lowest BCUT2D eigenvalue weighted by molar-refractivity contribution is 0.0690. The van der Waals surface area contributed by atoms with E-state index < -0.39 is 5.97 Å². The van der Waals surface area contributed by atoms with Crippen LogP contribution in [0.15, 0.2) is 42.6 Å². The normalized spacial score (nSPS) is 13.9. The SMILES string of the molecule is O=C(NCCCN1CCc2ccccc2C1)c1ccnc(C(=O)O)c1. The summed E-state index contributed by atoms with van der Waals surface area (Å²) in [5.74, 6) is -1.41. The van der Waals surface area contributed by atoms with Crippen LogP contribution in [0.4, 0.5) is 0 Å². The number of pyridine rings is 1. The Bertz CT molecular complexity index is 776. The number of carboxylic acids is 1. The van der Waals surface area contributed by atoms with Gasteiger partial charge in [0.15, 0.2) is 0 Å². The van der Waals surface area contributed by atoms with Gasteiger partial charge in [0.25, 0.3) is 5.91 Å². The number of aromatic nitrogens is 1. The van der Waals surface area contributed by atoms with Gasteiger partial charge in [-0.25, -0.2) is 9.78 Å². The number of nitrogens with one attached hydrogen (secondary N) is 1. The first-order valence-corrected chi connectivity index (χ1v) is 8.40. The summed E-state index contributed by atoms with van der Waals surface area (Å²) < 4.78 is 0. The van der Waals surface area contributed by atoms with Crippen molar-refractivity contribution in [1.82, 2.24) is 15.2 Å². The molecule has 1 aliphatic rings. The highest BCUT2D eigenvalue weighted by Crippen LogP contribution is 2.18. The van der Waals surface area contributed by atoms with E-state index >= 15 is 0 Å². The van der Waals surface area contributed by atoms with Gasteiger partial charge in [0.1, 0.15) is 5.69 Å². The number of carboxylic acid groups (broad SMARTS) is 1. The summed E-state index contributed by atoms with van der Waals surface area (Å²) in [6.07, 6.45) is 3.26. The third-order valence-corrected chi connectivity index (χ3v) is 4.39. The van der Waals surface area contributed by atoms with Gasteiger partial charge in [0.05, 0.1) is 0 Å². The molecule has 1 amide bonds. The van der Waals surface area contributed by atoms with Crippen molar-refractivity contribution in [2.75, 3.05) is 19.6 Å². The Kier molecular flexibility index (Phi) is 5.40. The molecule has 0 fully saturated rings. The highest BCUT2D eigenvalue weighted by atomic mass is 16.4. The van der Waals surface area contributed by atoms with Crippen molar-refractivity contribution in [3.63, 3.8) is 0 Å². The first kappa shape index (κ1) is 17.1. The Balaban J connectivity index is 1.44. The molecule has 0 unspecified atom stereocenters. The molecule has 6 heteroatoms. The summed E-state index contributed by atoms with van der Waals surface area (Å²) in [5, 5.41) is 11.8. The standard InChI is InChI=1S/C19H21N3O3/c23-18(15-6-9-20-17(12-15)19(24)25)21-8-3-10-22-11-7-14-4-1-2-5-16(14)13-22/h1-2,4-6,9,12H,3,7-8,10-11,13H2,(H,21,23)(H,24,25). The lowest BCUT2D eigenvalue weighted by Crippen LogP contribution is -2.33. The van der Waals surface area contributed by atoms with Crippen LogP contribution in [-0.4, -0.2) is 46.5 Å². The fourth-order valence-corrected chi connectivity index (χ4v) is 3.04. The van der Waals surface area contributed by atoms with Crippen molar-refractivity contribution in [2.24, 2.45) is 0 Å². The maximum Gasteiger partial charge on any atom is 0.354 e. The van der Waals surface area contributed by atoms with Gasteiger partial charge in [0, 0.05) is 37.9 Å². The monoisotopic (exact) mass is 339 g/mol. The number of nitrogens with zero attached hydrogens (tertiary/aromatic N) is 2. The van der Waals surface area contributed by atoms with E-state index in [2.05, 4.69) is 39.5 Å². The molecular formula is C19H21N3O3. The predicted octanol–water partition coefficient (Wildman–Crippen LogP) is 1.96. The zero-order valence-electron chi connectivity index (χ0n) is 13.9. The van der Waals surface area contributed by atoms with Gasteiger partial charge < -0.3 is 10.4 Å². The lowest BCUT2D eigenvalue weighted by atomic mass is 10.00. The molecule has 1 aromatic heterocycles. The van der Waals surface area contributed by atoms with Crippen molar-refractivity contribution >= 4 is 11.9 Å².